The molecule has 0 aromatic heterocycles. The molecule has 0 amide bonds. The molecule has 0 atom stereocenters. The average molecular weight is 287 g/mol. The monoisotopic (exact) mass is 287 g/mol. The van der Waals surface area contributed by atoms with Gasteiger partial charge in [0.2, 0.25) is 6.79 Å². The number of fused-ring (bicyclic) bond motifs is 1. The van der Waals surface area contributed by atoms with Gasteiger partial charge in [0.15, 0.2) is 23.0 Å². The number of benzene rings is 2. The Kier molecular flexibility index (Phi) is 3.73. The Morgan fingerprint density at radius 2 is 1.90 bits per heavy atom. The van der Waals surface area contributed by atoms with Crippen molar-refractivity contribution in [1.29, 1.82) is 0 Å². The molecule has 2 aromatic rings. The first-order valence-electron chi connectivity index (χ1n) is 6.65. The Morgan fingerprint density at radius 1 is 1.05 bits per heavy atom. The third kappa shape index (κ3) is 2.67. The van der Waals surface area contributed by atoms with E-state index in [9.17, 15) is 0 Å². The molecule has 0 radical (unpaired) electrons. The number of anilines is 1. The standard InChI is InChI=1S/C16H17NO4/c1-18-14-5-3-4-11(16(14)19-2)9-17-12-6-7-13-15(8-12)21-10-20-13/h3-8,17H,9-10H2,1-2H3. The van der Waals surface area contributed by atoms with Crippen LogP contribution in [0.25, 0.3) is 0 Å². The second-order valence-electron chi connectivity index (χ2n) is 4.57. The maximum Gasteiger partial charge on any atom is 0.231 e. The highest BCUT2D eigenvalue weighted by Crippen LogP contribution is 2.35. The fraction of sp³-hybridized carbons (Fsp3) is 0.250. The average Bonchev–Trinajstić information content (AvgIpc) is 2.99. The van der Waals surface area contributed by atoms with Crippen LogP contribution >= 0.6 is 0 Å². The first-order valence-corrected chi connectivity index (χ1v) is 6.65. The minimum Gasteiger partial charge on any atom is -0.493 e. The Bertz CT molecular complexity index is 642. The van der Waals surface area contributed by atoms with Crippen LogP contribution < -0.4 is 24.3 Å². The number of methoxy groups -OCH3 is 2. The third-order valence-corrected chi connectivity index (χ3v) is 3.34. The topological polar surface area (TPSA) is 49.0 Å². The van der Waals surface area contributed by atoms with Gasteiger partial charge in [0.05, 0.1) is 14.2 Å². The summed E-state index contributed by atoms with van der Waals surface area (Å²) in [6.45, 7) is 0.905. The van der Waals surface area contributed by atoms with E-state index in [1.165, 1.54) is 0 Å². The lowest BCUT2D eigenvalue weighted by molar-refractivity contribution is 0.174. The smallest absolute Gasteiger partial charge is 0.231 e. The molecule has 0 aliphatic carbocycles. The zero-order valence-corrected chi connectivity index (χ0v) is 12.0. The van der Waals surface area contributed by atoms with Crippen molar-refractivity contribution in [1.82, 2.24) is 0 Å². The summed E-state index contributed by atoms with van der Waals surface area (Å²) >= 11 is 0. The number of ether oxygens (including phenoxy) is 4. The molecule has 1 aliphatic rings. The minimum atomic E-state index is 0.280. The van der Waals surface area contributed by atoms with Crippen LogP contribution in [0.3, 0.4) is 0 Å². The van der Waals surface area contributed by atoms with Crippen molar-refractivity contribution in [2.24, 2.45) is 0 Å². The van der Waals surface area contributed by atoms with Crippen LogP contribution in [0.2, 0.25) is 0 Å². The molecule has 1 heterocycles. The summed E-state index contributed by atoms with van der Waals surface area (Å²) < 4.78 is 21.4. The third-order valence-electron chi connectivity index (χ3n) is 3.34. The SMILES string of the molecule is COc1cccc(CNc2ccc3c(c2)OCO3)c1OC. The van der Waals surface area contributed by atoms with Crippen molar-refractivity contribution >= 4 is 5.69 Å². The zero-order chi connectivity index (χ0) is 14.7. The normalized spacial score (nSPS) is 12.1. The summed E-state index contributed by atoms with van der Waals surface area (Å²) in [6.07, 6.45) is 0. The van der Waals surface area contributed by atoms with Crippen molar-refractivity contribution < 1.29 is 18.9 Å². The van der Waals surface area contributed by atoms with Crippen LogP contribution in [0.5, 0.6) is 23.0 Å². The molecule has 5 nitrogen and oxygen atoms in total. The molecule has 21 heavy (non-hydrogen) atoms. The van der Waals surface area contributed by atoms with E-state index in [0.29, 0.717) is 6.54 Å². The molecule has 1 aliphatic heterocycles. The van der Waals surface area contributed by atoms with E-state index in [0.717, 1.165) is 34.2 Å². The van der Waals surface area contributed by atoms with E-state index in [-0.39, 0.29) is 6.79 Å². The molecule has 5 heteroatoms. The van der Waals surface area contributed by atoms with Gasteiger partial charge in [-0.05, 0) is 18.2 Å². The van der Waals surface area contributed by atoms with Gasteiger partial charge in [-0.15, -0.1) is 0 Å². The number of para-hydroxylation sites is 1. The highest BCUT2D eigenvalue weighted by Gasteiger charge is 2.14. The number of nitrogens with one attached hydrogen (secondary N) is 1. The quantitative estimate of drug-likeness (QED) is 0.916. The highest BCUT2D eigenvalue weighted by atomic mass is 16.7. The lowest BCUT2D eigenvalue weighted by atomic mass is 10.1. The molecule has 1 N–H and O–H groups in total. The summed E-state index contributed by atoms with van der Waals surface area (Å²) in [7, 11) is 3.27. The van der Waals surface area contributed by atoms with E-state index in [1.54, 1.807) is 14.2 Å². The van der Waals surface area contributed by atoms with Crippen LogP contribution in [0.1, 0.15) is 5.56 Å². The molecule has 0 fully saturated rings. The van der Waals surface area contributed by atoms with Gasteiger partial charge in [-0.3, -0.25) is 0 Å². The Morgan fingerprint density at radius 3 is 2.71 bits per heavy atom. The number of rotatable bonds is 5. The van der Waals surface area contributed by atoms with Crippen molar-refractivity contribution in [3.05, 3.63) is 42.0 Å². The van der Waals surface area contributed by atoms with Crippen LogP contribution in [-0.4, -0.2) is 21.0 Å². The van der Waals surface area contributed by atoms with Crippen LogP contribution in [0.15, 0.2) is 36.4 Å². The molecular weight excluding hydrogens is 270 g/mol. The van der Waals surface area contributed by atoms with E-state index >= 15 is 0 Å². The zero-order valence-electron chi connectivity index (χ0n) is 12.0. The molecular formula is C16H17NO4. The molecule has 110 valence electrons. The van der Waals surface area contributed by atoms with Crippen molar-refractivity contribution in [2.75, 3.05) is 26.3 Å². The first kappa shape index (κ1) is 13.4. The predicted molar refractivity (Wildman–Crippen MR) is 79.4 cm³/mol. The minimum absolute atomic E-state index is 0.280. The van der Waals surface area contributed by atoms with Gasteiger partial charge in [-0.2, -0.15) is 0 Å². The van der Waals surface area contributed by atoms with Crippen LogP contribution in [0.4, 0.5) is 5.69 Å². The summed E-state index contributed by atoms with van der Waals surface area (Å²) in [5.41, 5.74) is 1.98. The predicted octanol–water partition coefficient (Wildman–Crippen LogP) is 3.04. The van der Waals surface area contributed by atoms with Gasteiger partial charge in [0.25, 0.3) is 0 Å². The lowest BCUT2D eigenvalue weighted by Crippen LogP contribution is -2.03. The molecule has 0 bridgehead atoms. The fourth-order valence-electron chi connectivity index (χ4n) is 2.30. The fourth-order valence-corrected chi connectivity index (χ4v) is 2.30. The van der Waals surface area contributed by atoms with Crippen LogP contribution in [0, 0.1) is 0 Å². The lowest BCUT2D eigenvalue weighted by Gasteiger charge is -2.13. The summed E-state index contributed by atoms with van der Waals surface area (Å²) in [6, 6.07) is 11.6. The maximum absolute atomic E-state index is 5.42. The van der Waals surface area contributed by atoms with Gasteiger partial charge in [0.1, 0.15) is 0 Å². The summed E-state index contributed by atoms with van der Waals surface area (Å²) in [4.78, 5) is 0. The van der Waals surface area contributed by atoms with Gasteiger partial charge in [-0.25, -0.2) is 0 Å². The van der Waals surface area contributed by atoms with E-state index < -0.39 is 0 Å². The highest BCUT2D eigenvalue weighted by molar-refractivity contribution is 5.56. The van der Waals surface area contributed by atoms with E-state index in [2.05, 4.69) is 5.32 Å². The van der Waals surface area contributed by atoms with Crippen LogP contribution in [-0.2, 0) is 6.54 Å². The molecule has 2 aromatic carbocycles. The summed E-state index contributed by atoms with van der Waals surface area (Å²) in [5.74, 6) is 3.01. The largest absolute Gasteiger partial charge is 0.493 e. The molecule has 3 rings (SSSR count). The summed E-state index contributed by atoms with van der Waals surface area (Å²) in [5, 5.41) is 3.35. The van der Waals surface area contributed by atoms with Gasteiger partial charge in [0, 0.05) is 23.9 Å². The van der Waals surface area contributed by atoms with Gasteiger partial charge in [-0.1, -0.05) is 12.1 Å². The van der Waals surface area contributed by atoms with Crippen molar-refractivity contribution in [3.63, 3.8) is 0 Å². The van der Waals surface area contributed by atoms with E-state index in [1.807, 2.05) is 36.4 Å². The Hall–Kier alpha value is -2.56. The second kappa shape index (κ2) is 5.83. The molecule has 0 saturated carbocycles. The van der Waals surface area contributed by atoms with Gasteiger partial charge >= 0.3 is 0 Å². The molecule has 0 spiro atoms. The van der Waals surface area contributed by atoms with Gasteiger partial charge < -0.3 is 24.3 Å². The maximum atomic E-state index is 5.42. The molecule has 0 unspecified atom stereocenters. The van der Waals surface area contributed by atoms with E-state index in [4.69, 9.17) is 18.9 Å². The second-order valence-corrected chi connectivity index (χ2v) is 4.57. The number of hydrogen-bond donors (Lipinski definition) is 1. The van der Waals surface area contributed by atoms with Crippen molar-refractivity contribution in [3.8, 4) is 23.0 Å². The number of hydrogen-bond acceptors (Lipinski definition) is 5. The van der Waals surface area contributed by atoms with Crippen molar-refractivity contribution in [2.45, 2.75) is 6.54 Å². The Balaban J connectivity index is 1.76. The first-order chi connectivity index (χ1) is 10.3. The Labute approximate surface area is 123 Å². The molecule has 0 saturated heterocycles.